The minimum atomic E-state index is -2.12. The van der Waals surface area contributed by atoms with Gasteiger partial charge in [-0.2, -0.15) is 0 Å². The number of hydrogen-bond donors (Lipinski definition) is 0. The molecule has 0 aromatic heterocycles. The van der Waals surface area contributed by atoms with Gasteiger partial charge in [-0.05, 0) is 0 Å². The van der Waals surface area contributed by atoms with E-state index in [0.717, 1.165) is 0 Å². The maximum absolute atomic E-state index is 5.46. The van der Waals surface area contributed by atoms with E-state index in [-0.39, 0.29) is 0 Å². The quantitative estimate of drug-likeness (QED) is 0.436. The van der Waals surface area contributed by atoms with Crippen molar-refractivity contribution in [3.05, 3.63) is 0 Å². The molecule has 0 radical (unpaired) electrons. The van der Waals surface area contributed by atoms with E-state index in [1.165, 1.54) is 0 Å². The van der Waals surface area contributed by atoms with E-state index < -0.39 is 4.79 Å². The van der Waals surface area contributed by atoms with Gasteiger partial charge in [-0.25, -0.2) is 0 Å². The van der Waals surface area contributed by atoms with Crippen LogP contribution in [-0.2, 0) is 0 Å². The Morgan fingerprint density at radius 1 is 1.20 bits per heavy atom. The molecule has 0 atom stereocenters. The summed E-state index contributed by atoms with van der Waals surface area (Å²) in [6.45, 7) is 0. The first kappa shape index (κ1) is 7.58. The summed E-state index contributed by atoms with van der Waals surface area (Å²) in [7, 11) is 10.9. The van der Waals surface area contributed by atoms with E-state index >= 15 is 0 Å². The zero-order chi connectivity index (χ0) is 4.50. The van der Waals surface area contributed by atoms with Crippen LogP contribution < -0.4 is 0 Å². The topological polar surface area (TPSA) is 0 Å². The van der Waals surface area contributed by atoms with Gasteiger partial charge < -0.3 is 0 Å². The fourth-order valence-electron chi connectivity index (χ4n) is 0. The second kappa shape index (κ2) is 2.79. The molecule has 0 amide bonds. The van der Waals surface area contributed by atoms with E-state index in [2.05, 4.69) is 40.4 Å². The van der Waals surface area contributed by atoms with E-state index in [9.17, 15) is 0 Å². The van der Waals surface area contributed by atoms with Gasteiger partial charge in [-0.3, -0.25) is 0 Å². The summed E-state index contributed by atoms with van der Waals surface area (Å²) in [6.07, 6.45) is 0. The molecular weight excluding hydrogens is 397 g/mol. The Morgan fingerprint density at radius 3 is 1.20 bits per heavy atom. The summed E-state index contributed by atoms with van der Waals surface area (Å²) >= 11 is 4.17. The van der Waals surface area contributed by atoms with Crippen LogP contribution in [0.4, 0.5) is 0 Å². The molecule has 0 aromatic carbocycles. The summed E-state index contributed by atoms with van der Waals surface area (Å²) in [4.78, 5) is -2.12. The first-order valence-electron chi connectivity index (χ1n) is 0.756. The second-order valence-corrected chi connectivity index (χ2v) is 49.9. The van der Waals surface area contributed by atoms with Crippen molar-refractivity contribution in [1.29, 1.82) is 0 Å². The van der Waals surface area contributed by atoms with Gasteiger partial charge in [0.2, 0.25) is 0 Å². The molecule has 0 fully saturated rings. The van der Waals surface area contributed by atoms with Gasteiger partial charge in [0, 0.05) is 0 Å². The van der Waals surface area contributed by atoms with Crippen molar-refractivity contribution in [3.63, 3.8) is 0 Å². The second-order valence-electron chi connectivity index (χ2n) is 0.429. The molecule has 0 saturated heterocycles. The van der Waals surface area contributed by atoms with Crippen molar-refractivity contribution in [1.82, 2.24) is 0 Å². The summed E-state index contributed by atoms with van der Waals surface area (Å²) in [5.41, 5.74) is 0. The maximum atomic E-state index is 5.46. The van der Waals surface area contributed by atoms with Crippen molar-refractivity contribution in [2.24, 2.45) is 0 Å². The molecule has 0 aliphatic rings. The van der Waals surface area contributed by atoms with Gasteiger partial charge in [-0.1, -0.05) is 0 Å². The molecule has 32 valence electrons. The zero-order valence-corrected chi connectivity index (χ0v) is 9.94. The van der Waals surface area contributed by atoms with Crippen LogP contribution in [0, 0.1) is 0 Å². The summed E-state index contributed by atoms with van der Waals surface area (Å²) < 4.78 is 0. The van der Waals surface area contributed by atoms with Gasteiger partial charge in [0.15, 0.2) is 0 Å². The molecular formula is Cl2GeI2. The molecule has 0 bridgehead atoms. The van der Waals surface area contributed by atoms with Gasteiger partial charge in [-0.15, -0.1) is 0 Å². The van der Waals surface area contributed by atoms with Crippen molar-refractivity contribution in [2.45, 2.75) is 0 Å². The van der Waals surface area contributed by atoms with Crippen LogP contribution in [0.25, 0.3) is 0 Å². The van der Waals surface area contributed by atoms with E-state index in [0.29, 0.717) is 0 Å². The van der Waals surface area contributed by atoms with E-state index in [1.54, 1.807) is 0 Å². The van der Waals surface area contributed by atoms with Crippen LogP contribution in [0.3, 0.4) is 0 Å². The monoisotopic (exact) mass is 398 g/mol. The molecule has 0 rings (SSSR count). The normalized spacial score (nSPS) is 12.0. The predicted octanol–water partition coefficient (Wildman–Crippen LogP) is 2.77. The molecule has 5 heavy (non-hydrogen) atoms. The average Bonchev–Trinajstić information content (AvgIpc) is 0.722. The van der Waals surface area contributed by atoms with Gasteiger partial charge in [0.05, 0.1) is 0 Å². The molecule has 0 spiro atoms. The Bertz CT molecular complexity index is 23.1. The standard InChI is InChI=1S/Cl2GeI2/c1-3(2,4)5. The molecule has 5 heteroatoms. The molecule has 0 unspecified atom stereocenters. The third-order valence-corrected chi connectivity index (χ3v) is 0. The van der Waals surface area contributed by atoms with Crippen LogP contribution in [0.15, 0.2) is 0 Å². The molecule has 0 saturated carbocycles. The average molecular weight is 397 g/mol. The van der Waals surface area contributed by atoms with Crippen molar-refractivity contribution < 1.29 is 0 Å². The molecule has 0 aliphatic heterocycles. The number of hydrogen-bond acceptors (Lipinski definition) is 0. The number of rotatable bonds is 0. The first-order valence-corrected chi connectivity index (χ1v) is 19.1. The summed E-state index contributed by atoms with van der Waals surface area (Å²) in [6, 6.07) is 0. The summed E-state index contributed by atoms with van der Waals surface area (Å²) in [5.74, 6) is 0. The van der Waals surface area contributed by atoms with E-state index in [4.69, 9.17) is 20.0 Å². The fourth-order valence-corrected chi connectivity index (χ4v) is 0. The van der Waals surface area contributed by atoms with Crippen molar-refractivity contribution in [2.75, 3.05) is 0 Å². The zero-order valence-electron chi connectivity index (χ0n) is 2.01. The summed E-state index contributed by atoms with van der Waals surface area (Å²) in [5, 5.41) is 0. The van der Waals surface area contributed by atoms with Crippen LogP contribution in [0.2, 0.25) is 0 Å². The minimum absolute atomic E-state index is 2.08. The SMILES string of the molecule is [Cl][Ge]([Cl])([I])[I]. The predicted molar refractivity (Wildman–Crippen MR) is 45.5 cm³/mol. The molecule has 0 aromatic rings. The van der Waals surface area contributed by atoms with Gasteiger partial charge in [0.1, 0.15) is 0 Å². The Hall–Kier alpha value is 2.58. The van der Waals surface area contributed by atoms with Crippen molar-refractivity contribution in [3.8, 4) is 0 Å². The third-order valence-electron chi connectivity index (χ3n) is 0. The molecule has 0 heterocycles. The van der Waals surface area contributed by atoms with Gasteiger partial charge >= 0.3 is 65.2 Å². The van der Waals surface area contributed by atoms with Crippen molar-refractivity contribution >= 4 is 65.2 Å². The molecule has 0 N–H and O–H groups in total. The Morgan fingerprint density at radius 2 is 1.20 bits per heavy atom. The molecule has 0 aliphatic carbocycles. The Balaban J connectivity index is 3.02. The Kier molecular flexibility index (Phi) is 4.22. The molecule has 0 nitrogen and oxygen atoms in total. The van der Waals surface area contributed by atoms with Gasteiger partial charge in [0.25, 0.3) is 0 Å². The third kappa shape index (κ3) is 20.7. The first-order chi connectivity index (χ1) is 2.00. The fraction of sp³-hybridized carbons (Fsp3) is 0. The van der Waals surface area contributed by atoms with E-state index in [1.807, 2.05) is 0 Å². The van der Waals surface area contributed by atoms with Crippen LogP contribution in [0.5, 0.6) is 0 Å². The van der Waals surface area contributed by atoms with Crippen LogP contribution >= 0.6 is 60.4 Å². The van der Waals surface area contributed by atoms with Crippen LogP contribution in [0.1, 0.15) is 0 Å². The van der Waals surface area contributed by atoms with Crippen LogP contribution in [-0.4, -0.2) is 4.79 Å². The Labute approximate surface area is 63.9 Å². The number of halogens is 4.